The molecule has 0 atom stereocenters. The number of carbonyl (C=O) groups excluding carboxylic acids is 1. The van der Waals surface area contributed by atoms with Gasteiger partial charge >= 0.3 is 0 Å². The number of amides is 1. The second-order valence-electron chi connectivity index (χ2n) is 4.95. The fourth-order valence-corrected chi connectivity index (χ4v) is 2.62. The van der Waals surface area contributed by atoms with Crippen LogP contribution in [0.4, 0.5) is 5.69 Å². The number of nitrogen functional groups attached to an aromatic ring is 1. The summed E-state index contributed by atoms with van der Waals surface area (Å²) in [5, 5.41) is 4.12. The normalized spacial score (nSPS) is 13.5. The number of nitrogens with zero attached hydrogens (tertiary/aromatic N) is 2. The lowest BCUT2D eigenvalue weighted by Crippen LogP contribution is -2.14. The van der Waals surface area contributed by atoms with Gasteiger partial charge in [0.25, 0.3) is 5.91 Å². The summed E-state index contributed by atoms with van der Waals surface area (Å²) in [5.41, 5.74) is 15.4. The van der Waals surface area contributed by atoms with E-state index in [1.165, 1.54) is 29.5 Å². The summed E-state index contributed by atoms with van der Waals surface area (Å²) >= 11 is 0. The maximum atomic E-state index is 11.1. The Morgan fingerprint density at radius 1 is 1.32 bits per heavy atom. The van der Waals surface area contributed by atoms with Gasteiger partial charge in [0.05, 0.1) is 12.2 Å². The van der Waals surface area contributed by atoms with Gasteiger partial charge in [-0.1, -0.05) is 18.2 Å². The maximum Gasteiger partial charge on any atom is 0.271 e. The first-order chi connectivity index (χ1) is 9.13. The van der Waals surface area contributed by atoms with Crippen LogP contribution in [-0.4, -0.2) is 15.7 Å². The summed E-state index contributed by atoms with van der Waals surface area (Å²) in [5.74, 6) is -0.592. The highest BCUT2D eigenvalue weighted by atomic mass is 16.1. The second-order valence-corrected chi connectivity index (χ2v) is 4.95. The first kappa shape index (κ1) is 11.8. The van der Waals surface area contributed by atoms with E-state index < -0.39 is 5.91 Å². The Balaban J connectivity index is 1.85. The minimum Gasteiger partial charge on any atom is -0.396 e. The number of anilines is 1. The van der Waals surface area contributed by atoms with Crippen molar-refractivity contribution in [2.24, 2.45) is 5.73 Å². The number of benzene rings is 1. The molecule has 98 valence electrons. The molecule has 0 fully saturated rings. The topological polar surface area (TPSA) is 86.9 Å². The van der Waals surface area contributed by atoms with Crippen LogP contribution in [-0.2, 0) is 19.4 Å². The van der Waals surface area contributed by atoms with E-state index in [0.29, 0.717) is 12.2 Å². The molecule has 1 aromatic heterocycles. The molecule has 0 saturated heterocycles. The lowest BCUT2D eigenvalue weighted by atomic mass is 10.1. The van der Waals surface area contributed by atoms with Crippen LogP contribution in [0.2, 0.25) is 0 Å². The SMILES string of the molecule is NC(=O)c1nn(Cc2ccc3c(c2)CCC3)cc1N. The first-order valence-electron chi connectivity index (χ1n) is 6.37. The second kappa shape index (κ2) is 4.42. The molecule has 5 nitrogen and oxygen atoms in total. The van der Waals surface area contributed by atoms with Crippen molar-refractivity contribution in [1.29, 1.82) is 0 Å². The Morgan fingerprint density at radius 3 is 2.84 bits per heavy atom. The fraction of sp³-hybridized carbons (Fsp3) is 0.286. The minimum atomic E-state index is -0.592. The van der Waals surface area contributed by atoms with Crippen molar-refractivity contribution in [3.63, 3.8) is 0 Å². The van der Waals surface area contributed by atoms with E-state index in [1.54, 1.807) is 10.9 Å². The maximum absolute atomic E-state index is 11.1. The van der Waals surface area contributed by atoms with Gasteiger partial charge in [0.1, 0.15) is 0 Å². The number of primary amides is 1. The van der Waals surface area contributed by atoms with Crippen LogP contribution >= 0.6 is 0 Å². The molecule has 2 aromatic rings. The van der Waals surface area contributed by atoms with Crippen LogP contribution in [0.5, 0.6) is 0 Å². The number of fused-ring (bicyclic) bond motifs is 1. The molecule has 0 saturated carbocycles. The predicted octanol–water partition coefficient (Wildman–Crippen LogP) is 1.10. The zero-order chi connectivity index (χ0) is 13.4. The summed E-state index contributed by atoms with van der Waals surface area (Å²) in [4.78, 5) is 11.1. The third kappa shape index (κ3) is 2.19. The van der Waals surface area contributed by atoms with Gasteiger partial charge in [-0.25, -0.2) is 0 Å². The molecule has 3 rings (SSSR count). The number of rotatable bonds is 3. The van der Waals surface area contributed by atoms with Crippen LogP contribution in [0, 0.1) is 0 Å². The zero-order valence-electron chi connectivity index (χ0n) is 10.6. The molecule has 4 N–H and O–H groups in total. The summed E-state index contributed by atoms with van der Waals surface area (Å²) in [6.45, 7) is 0.602. The van der Waals surface area contributed by atoms with Gasteiger partial charge in [-0.3, -0.25) is 9.48 Å². The molecule has 1 heterocycles. The first-order valence-corrected chi connectivity index (χ1v) is 6.37. The zero-order valence-corrected chi connectivity index (χ0v) is 10.6. The van der Waals surface area contributed by atoms with Crippen LogP contribution in [0.3, 0.4) is 0 Å². The summed E-state index contributed by atoms with van der Waals surface area (Å²) in [7, 11) is 0. The number of aryl methyl sites for hydroxylation is 2. The molecule has 0 spiro atoms. The van der Waals surface area contributed by atoms with Crippen LogP contribution in [0.25, 0.3) is 0 Å². The quantitative estimate of drug-likeness (QED) is 0.862. The number of hydrogen-bond acceptors (Lipinski definition) is 3. The minimum absolute atomic E-state index is 0.140. The molecular weight excluding hydrogens is 240 g/mol. The van der Waals surface area contributed by atoms with Crippen LogP contribution in [0.15, 0.2) is 24.4 Å². The summed E-state index contributed by atoms with van der Waals surface area (Å²) < 4.78 is 1.66. The lowest BCUT2D eigenvalue weighted by Gasteiger charge is -2.05. The standard InChI is InChI=1S/C14H16N4O/c15-12-8-18(17-13(12)14(16)19)7-9-4-5-10-2-1-3-11(10)6-9/h4-6,8H,1-3,7,15H2,(H2,16,19). The molecule has 1 aromatic carbocycles. The highest BCUT2D eigenvalue weighted by Gasteiger charge is 2.13. The van der Waals surface area contributed by atoms with E-state index in [9.17, 15) is 4.79 Å². The van der Waals surface area contributed by atoms with E-state index in [1.807, 2.05) is 0 Å². The van der Waals surface area contributed by atoms with E-state index in [0.717, 1.165) is 6.42 Å². The molecule has 0 radical (unpaired) electrons. The molecule has 0 bridgehead atoms. The Morgan fingerprint density at radius 2 is 2.11 bits per heavy atom. The highest BCUT2D eigenvalue weighted by molar-refractivity contribution is 5.95. The van der Waals surface area contributed by atoms with Crippen molar-refractivity contribution in [1.82, 2.24) is 9.78 Å². The van der Waals surface area contributed by atoms with Crippen molar-refractivity contribution in [2.45, 2.75) is 25.8 Å². The Labute approximate surface area is 111 Å². The van der Waals surface area contributed by atoms with Crippen LogP contribution in [0.1, 0.15) is 33.6 Å². The number of nitrogens with two attached hydrogens (primary N) is 2. The molecule has 1 aliphatic carbocycles. The third-order valence-electron chi connectivity index (χ3n) is 3.53. The average molecular weight is 256 g/mol. The van der Waals surface area contributed by atoms with Gasteiger partial charge in [0.2, 0.25) is 0 Å². The summed E-state index contributed by atoms with van der Waals surface area (Å²) in [6.07, 6.45) is 5.21. The molecule has 1 aliphatic rings. The lowest BCUT2D eigenvalue weighted by molar-refractivity contribution is 0.0995. The van der Waals surface area contributed by atoms with Gasteiger partial charge < -0.3 is 11.5 Å². The molecule has 0 aliphatic heterocycles. The number of hydrogen-bond donors (Lipinski definition) is 2. The van der Waals surface area contributed by atoms with Crippen molar-refractivity contribution in [3.8, 4) is 0 Å². The van der Waals surface area contributed by atoms with Crippen molar-refractivity contribution < 1.29 is 4.79 Å². The van der Waals surface area contributed by atoms with Crippen molar-refractivity contribution in [2.75, 3.05) is 5.73 Å². The molecular formula is C14H16N4O. The largest absolute Gasteiger partial charge is 0.396 e. The fourth-order valence-electron chi connectivity index (χ4n) is 2.62. The molecule has 1 amide bonds. The van der Waals surface area contributed by atoms with E-state index in [4.69, 9.17) is 11.5 Å². The summed E-state index contributed by atoms with van der Waals surface area (Å²) in [6, 6.07) is 6.50. The van der Waals surface area contributed by atoms with E-state index in [-0.39, 0.29) is 5.69 Å². The number of carbonyl (C=O) groups is 1. The van der Waals surface area contributed by atoms with Gasteiger partial charge in [-0.15, -0.1) is 0 Å². The molecule has 0 unspecified atom stereocenters. The molecule has 19 heavy (non-hydrogen) atoms. The van der Waals surface area contributed by atoms with E-state index >= 15 is 0 Å². The highest BCUT2D eigenvalue weighted by Crippen LogP contribution is 2.23. The van der Waals surface area contributed by atoms with Gasteiger partial charge in [0.15, 0.2) is 5.69 Å². The van der Waals surface area contributed by atoms with Crippen LogP contribution < -0.4 is 11.5 Å². The Hall–Kier alpha value is -2.30. The Kier molecular flexibility index (Phi) is 2.74. The number of aromatic nitrogens is 2. The molecule has 5 heteroatoms. The van der Waals surface area contributed by atoms with E-state index in [2.05, 4.69) is 23.3 Å². The predicted molar refractivity (Wildman–Crippen MR) is 72.7 cm³/mol. The third-order valence-corrected chi connectivity index (χ3v) is 3.53. The van der Waals surface area contributed by atoms with Gasteiger partial charge in [-0.05, 0) is 36.0 Å². The average Bonchev–Trinajstić information content (AvgIpc) is 2.95. The smallest absolute Gasteiger partial charge is 0.271 e. The monoisotopic (exact) mass is 256 g/mol. The van der Waals surface area contributed by atoms with Gasteiger partial charge in [-0.2, -0.15) is 5.10 Å². The van der Waals surface area contributed by atoms with Gasteiger partial charge in [0, 0.05) is 6.20 Å². The Bertz CT molecular complexity index is 645. The van der Waals surface area contributed by atoms with Crippen molar-refractivity contribution in [3.05, 3.63) is 46.8 Å². The van der Waals surface area contributed by atoms with Crippen molar-refractivity contribution >= 4 is 11.6 Å².